The van der Waals surface area contributed by atoms with Crippen molar-refractivity contribution in [2.45, 2.75) is 20.0 Å². The van der Waals surface area contributed by atoms with Crippen LogP contribution in [0.25, 0.3) is 0 Å². The lowest BCUT2D eigenvalue weighted by atomic mass is 9.82. The fourth-order valence-electron chi connectivity index (χ4n) is 2.00. The van der Waals surface area contributed by atoms with Crippen LogP contribution in [0.5, 0.6) is 0 Å². The van der Waals surface area contributed by atoms with E-state index in [2.05, 4.69) is 18.7 Å². The molecule has 1 rings (SSSR count). The first-order chi connectivity index (χ1) is 7.33. The van der Waals surface area contributed by atoms with Crippen LogP contribution in [0.3, 0.4) is 0 Å². The van der Waals surface area contributed by atoms with E-state index >= 15 is 0 Å². The second-order valence-electron chi connectivity index (χ2n) is 5.18. The predicted molar refractivity (Wildman–Crippen MR) is 68.7 cm³/mol. The Bertz CT molecular complexity index is 332. The van der Waals surface area contributed by atoms with Gasteiger partial charge in [0.25, 0.3) is 0 Å². The minimum atomic E-state index is -0.479. The molecular weight excluding hydrogens is 222 g/mol. The molecule has 0 saturated heterocycles. The van der Waals surface area contributed by atoms with Gasteiger partial charge >= 0.3 is 0 Å². The molecule has 1 aromatic carbocycles. The van der Waals surface area contributed by atoms with Crippen molar-refractivity contribution < 1.29 is 5.11 Å². The number of hydrogen-bond acceptors (Lipinski definition) is 2. The van der Waals surface area contributed by atoms with E-state index in [4.69, 9.17) is 11.6 Å². The molecule has 1 N–H and O–H groups in total. The second-order valence-corrected chi connectivity index (χ2v) is 5.62. The highest BCUT2D eigenvalue weighted by Gasteiger charge is 2.29. The first-order valence-corrected chi connectivity index (χ1v) is 5.79. The molecule has 0 radical (unpaired) electrons. The lowest BCUT2D eigenvalue weighted by molar-refractivity contribution is 0.0307. The van der Waals surface area contributed by atoms with Crippen molar-refractivity contribution >= 4 is 11.6 Å². The van der Waals surface area contributed by atoms with E-state index in [1.165, 1.54) is 0 Å². The molecule has 3 heteroatoms. The van der Waals surface area contributed by atoms with Crippen LogP contribution in [0.1, 0.15) is 25.5 Å². The molecule has 1 atom stereocenters. The minimum absolute atomic E-state index is 0.183. The second kappa shape index (κ2) is 5.17. The molecular formula is C13H20ClNO. The number of aliphatic hydroxyl groups excluding tert-OH is 1. The number of halogens is 1. The SMILES string of the molecule is CN(C)CC(C)(C)C(O)c1ccc(Cl)cc1. The minimum Gasteiger partial charge on any atom is -0.388 e. The third kappa shape index (κ3) is 3.48. The average molecular weight is 242 g/mol. The molecule has 0 amide bonds. The lowest BCUT2D eigenvalue weighted by Crippen LogP contribution is -2.33. The van der Waals surface area contributed by atoms with Gasteiger partial charge < -0.3 is 10.0 Å². The van der Waals surface area contributed by atoms with Crippen LogP contribution >= 0.6 is 11.6 Å². The van der Waals surface area contributed by atoms with Crippen LogP contribution in [0.4, 0.5) is 0 Å². The van der Waals surface area contributed by atoms with Gasteiger partial charge in [-0.1, -0.05) is 37.6 Å². The number of aliphatic hydroxyl groups is 1. The molecule has 1 unspecified atom stereocenters. The van der Waals surface area contributed by atoms with E-state index in [-0.39, 0.29) is 5.41 Å². The van der Waals surface area contributed by atoms with E-state index < -0.39 is 6.10 Å². The van der Waals surface area contributed by atoms with Crippen LogP contribution in [0, 0.1) is 5.41 Å². The molecule has 1 aromatic rings. The standard InChI is InChI=1S/C13H20ClNO/c1-13(2,9-15(3)4)12(16)10-5-7-11(14)8-6-10/h5-8,12,16H,9H2,1-4H3. The van der Waals surface area contributed by atoms with Crippen LogP contribution < -0.4 is 0 Å². The van der Waals surface area contributed by atoms with E-state index in [9.17, 15) is 5.11 Å². The summed E-state index contributed by atoms with van der Waals surface area (Å²) in [5, 5.41) is 11.0. The van der Waals surface area contributed by atoms with E-state index in [0.29, 0.717) is 5.02 Å². The van der Waals surface area contributed by atoms with Gasteiger partial charge in [0, 0.05) is 17.0 Å². The van der Waals surface area contributed by atoms with Gasteiger partial charge in [0.15, 0.2) is 0 Å². The summed E-state index contributed by atoms with van der Waals surface area (Å²) >= 11 is 5.83. The molecule has 0 aliphatic rings. The van der Waals surface area contributed by atoms with Gasteiger partial charge in [0.1, 0.15) is 0 Å². The molecule has 0 fully saturated rings. The van der Waals surface area contributed by atoms with Crippen molar-refractivity contribution in [2.75, 3.05) is 20.6 Å². The highest BCUT2D eigenvalue weighted by Crippen LogP contribution is 2.34. The summed E-state index contributed by atoms with van der Waals surface area (Å²) in [7, 11) is 4.02. The summed E-state index contributed by atoms with van der Waals surface area (Å²) in [5.74, 6) is 0. The molecule has 90 valence electrons. The molecule has 0 spiro atoms. The maximum absolute atomic E-state index is 10.3. The smallest absolute Gasteiger partial charge is 0.0853 e. The van der Waals surface area contributed by atoms with E-state index in [1.54, 1.807) is 0 Å². The number of nitrogens with zero attached hydrogens (tertiary/aromatic N) is 1. The number of rotatable bonds is 4. The van der Waals surface area contributed by atoms with Gasteiger partial charge in [-0.3, -0.25) is 0 Å². The summed E-state index contributed by atoms with van der Waals surface area (Å²) in [6, 6.07) is 7.38. The first kappa shape index (κ1) is 13.5. The van der Waals surface area contributed by atoms with Gasteiger partial charge in [-0.15, -0.1) is 0 Å². The van der Waals surface area contributed by atoms with Crippen molar-refractivity contribution in [3.8, 4) is 0 Å². The van der Waals surface area contributed by atoms with Gasteiger partial charge in [-0.2, -0.15) is 0 Å². The Morgan fingerprint density at radius 1 is 1.25 bits per heavy atom. The molecule has 0 bridgehead atoms. The van der Waals surface area contributed by atoms with Gasteiger partial charge in [-0.25, -0.2) is 0 Å². The Labute approximate surface area is 103 Å². The van der Waals surface area contributed by atoms with Gasteiger partial charge in [-0.05, 0) is 31.8 Å². The van der Waals surface area contributed by atoms with Crippen molar-refractivity contribution in [1.82, 2.24) is 4.90 Å². The first-order valence-electron chi connectivity index (χ1n) is 5.41. The quantitative estimate of drug-likeness (QED) is 0.876. The fourth-order valence-corrected chi connectivity index (χ4v) is 2.12. The monoisotopic (exact) mass is 241 g/mol. The molecule has 0 saturated carbocycles. The third-order valence-corrected chi connectivity index (χ3v) is 2.90. The largest absolute Gasteiger partial charge is 0.388 e. The Kier molecular flexibility index (Phi) is 4.36. The maximum atomic E-state index is 10.3. The molecule has 0 aromatic heterocycles. The summed E-state index contributed by atoms with van der Waals surface area (Å²) in [5.41, 5.74) is 0.730. The van der Waals surface area contributed by atoms with Crippen molar-refractivity contribution in [3.63, 3.8) is 0 Å². The Hall–Kier alpha value is -0.570. The molecule has 0 aliphatic heterocycles. The van der Waals surface area contributed by atoms with E-state index in [1.807, 2.05) is 38.4 Å². The Balaban J connectivity index is 2.84. The number of benzene rings is 1. The van der Waals surface area contributed by atoms with Crippen LogP contribution in [0.2, 0.25) is 5.02 Å². The zero-order valence-corrected chi connectivity index (χ0v) is 11.1. The summed E-state index contributed by atoms with van der Waals surface area (Å²) in [6.45, 7) is 4.95. The van der Waals surface area contributed by atoms with E-state index in [0.717, 1.165) is 12.1 Å². The molecule has 16 heavy (non-hydrogen) atoms. The lowest BCUT2D eigenvalue weighted by Gasteiger charge is -2.33. The van der Waals surface area contributed by atoms with Crippen LogP contribution in [0.15, 0.2) is 24.3 Å². The predicted octanol–water partition coefficient (Wildman–Crippen LogP) is 2.96. The zero-order valence-electron chi connectivity index (χ0n) is 10.4. The Morgan fingerprint density at radius 3 is 2.19 bits per heavy atom. The molecule has 0 heterocycles. The molecule has 0 aliphatic carbocycles. The third-order valence-electron chi connectivity index (χ3n) is 2.65. The summed E-state index contributed by atoms with van der Waals surface area (Å²) < 4.78 is 0. The normalized spacial score (nSPS) is 14.2. The average Bonchev–Trinajstić information content (AvgIpc) is 2.16. The maximum Gasteiger partial charge on any atom is 0.0853 e. The highest BCUT2D eigenvalue weighted by molar-refractivity contribution is 6.30. The highest BCUT2D eigenvalue weighted by atomic mass is 35.5. The summed E-state index contributed by atoms with van der Waals surface area (Å²) in [4.78, 5) is 2.08. The van der Waals surface area contributed by atoms with Crippen molar-refractivity contribution in [2.24, 2.45) is 5.41 Å². The molecule has 2 nitrogen and oxygen atoms in total. The van der Waals surface area contributed by atoms with Crippen molar-refractivity contribution in [1.29, 1.82) is 0 Å². The van der Waals surface area contributed by atoms with Gasteiger partial charge in [0.2, 0.25) is 0 Å². The summed E-state index contributed by atoms with van der Waals surface area (Å²) in [6.07, 6.45) is -0.479. The van der Waals surface area contributed by atoms with Crippen LogP contribution in [-0.4, -0.2) is 30.6 Å². The number of hydrogen-bond donors (Lipinski definition) is 1. The van der Waals surface area contributed by atoms with Crippen LogP contribution in [-0.2, 0) is 0 Å². The Morgan fingerprint density at radius 2 is 1.75 bits per heavy atom. The fraction of sp³-hybridized carbons (Fsp3) is 0.538. The van der Waals surface area contributed by atoms with Gasteiger partial charge in [0.05, 0.1) is 6.10 Å². The van der Waals surface area contributed by atoms with Crippen molar-refractivity contribution in [3.05, 3.63) is 34.9 Å². The zero-order chi connectivity index (χ0) is 12.3. The topological polar surface area (TPSA) is 23.5 Å².